The van der Waals surface area contributed by atoms with Crippen molar-refractivity contribution in [2.75, 3.05) is 5.32 Å². The molecule has 0 spiro atoms. The van der Waals surface area contributed by atoms with Gasteiger partial charge >= 0.3 is 0 Å². The summed E-state index contributed by atoms with van der Waals surface area (Å²) in [5, 5.41) is 10.4. The molecule has 0 bridgehead atoms. The van der Waals surface area contributed by atoms with E-state index in [1.165, 1.54) is 5.69 Å². The first-order valence-electron chi connectivity index (χ1n) is 6.84. The Kier molecular flexibility index (Phi) is 3.54. The average molecular weight is 266 g/mol. The number of hydrogen-bond donors (Lipinski definition) is 2. The van der Waals surface area contributed by atoms with Gasteiger partial charge in [0.25, 0.3) is 0 Å². The lowest BCUT2D eigenvalue weighted by Gasteiger charge is -2.10. The van der Waals surface area contributed by atoms with Crippen LogP contribution in [0.2, 0.25) is 0 Å². The van der Waals surface area contributed by atoms with Crippen LogP contribution in [-0.2, 0) is 13.1 Å². The molecule has 0 atom stereocenters. The molecule has 20 heavy (non-hydrogen) atoms. The van der Waals surface area contributed by atoms with Crippen LogP contribution < -0.4 is 5.32 Å². The molecular weight excluding hydrogens is 248 g/mol. The molecule has 0 saturated heterocycles. The van der Waals surface area contributed by atoms with Crippen molar-refractivity contribution in [3.63, 3.8) is 0 Å². The molecular formula is C16H18N4. The van der Waals surface area contributed by atoms with E-state index in [0.717, 1.165) is 30.0 Å². The van der Waals surface area contributed by atoms with Gasteiger partial charge in [0, 0.05) is 35.9 Å². The molecule has 0 saturated carbocycles. The van der Waals surface area contributed by atoms with Gasteiger partial charge in [0.15, 0.2) is 0 Å². The highest BCUT2D eigenvalue weighted by molar-refractivity contribution is 5.64. The summed E-state index contributed by atoms with van der Waals surface area (Å²) in [6.45, 7) is 3.98. The van der Waals surface area contributed by atoms with Crippen LogP contribution in [0.5, 0.6) is 0 Å². The number of rotatable bonds is 5. The number of benzene rings is 1. The molecule has 4 heteroatoms. The highest BCUT2D eigenvalue weighted by Gasteiger charge is 2.02. The maximum atomic E-state index is 3.99. The fourth-order valence-electron chi connectivity index (χ4n) is 2.32. The molecule has 4 nitrogen and oxygen atoms in total. The molecule has 0 aliphatic carbocycles. The van der Waals surface area contributed by atoms with Crippen molar-refractivity contribution in [2.24, 2.45) is 0 Å². The predicted octanol–water partition coefficient (Wildman–Crippen LogP) is 3.51. The molecule has 3 aromatic rings. The van der Waals surface area contributed by atoms with Gasteiger partial charge in [0.2, 0.25) is 0 Å². The fraction of sp³-hybridized carbons (Fsp3) is 0.188. The largest absolute Gasteiger partial charge is 0.379 e. The van der Waals surface area contributed by atoms with Gasteiger partial charge in [-0.25, -0.2) is 0 Å². The standard InChI is InChI=1S/C16H18N4/c1-2-20-10-4-7-15(20)12-17-14-6-3-5-13(11-14)16-8-9-18-19-16/h3-11,17H,2,12H2,1H3,(H,18,19). The monoisotopic (exact) mass is 266 g/mol. The Balaban J connectivity index is 1.74. The SMILES string of the molecule is CCn1cccc1CNc1cccc(-c2ccn[nH]2)c1. The van der Waals surface area contributed by atoms with Crippen LogP contribution in [-0.4, -0.2) is 14.8 Å². The van der Waals surface area contributed by atoms with Crippen LogP contribution >= 0.6 is 0 Å². The van der Waals surface area contributed by atoms with Gasteiger partial charge in [-0.1, -0.05) is 12.1 Å². The first-order valence-corrected chi connectivity index (χ1v) is 6.84. The first-order chi connectivity index (χ1) is 9.86. The van der Waals surface area contributed by atoms with E-state index in [9.17, 15) is 0 Å². The number of H-pyrrole nitrogens is 1. The van der Waals surface area contributed by atoms with Crippen molar-refractivity contribution in [1.29, 1.82) is 0 Å². The van der Waals surface area contributed by atoms with Crippen molar-refractivity contribution in [1.82, 2.24) is 14.8 Å². The van der Waals surface area contributed by atoms with Crippen molar-refractivity contribution < 1.29 is 0 Å². The van der Waals surface area contributed by atoms with E-state index in [1.807, 2.05) is 6.07 Å². The Morgan fingerprint density at radius 2 is 2.15 bits per heavy atom. The van der Waals surface area contributed by atoms with E-state index in [2.05, 4.69) is 69.6 Å². The van der Waals surface area contributed by atoms with E-state index in [-0.39, 0.29) is 0 Å². The van der Waals surface area contributed by atoms with Gasteiger partial charge in [-0.15, -0.1) is 0 Å². The summed E-state index contributed by atoms with van der Waals surface area (Å²) in [5.74, 6) is 0. The van der Waals surface area contributed by atoms with Gasteiger partial charge in [0.05, 0.1) is 12.2 Å². The third kappa shape index (κ3) is 2.59. The zero-order chi connectivity index (χ0) is 13.8. The highest BCUT2D eigenvalue weighted by atomic mass is 15.1. The van der Waals surface area contributed by atoms with Gasteiger partial charge < -0.3 is 9.88 Å². The van der Waals surface area contributed by atoms with Crippen LogP contribution in [0.4, 0.5) is 5.69 Å². The molecule has 0 aliphatic heterocycles. The minimum absolute atomic E-state index is 0.827. The number of hydrogen-bond acceptors (Lipinski definition) is 2. The summed E-state index contributed by atoms with van der Waals surface area (Å²) < 4.78 is 2.24. The third-order valence-electron chi connectivity index (χ3n) is 3.41. The summed E-state index contributed by atoms with van der Waals surface area (Å²) in [4.78, 5) is 0. The second-order valence-electron chi connectivity index (χ2n) is 4.69. The van der Waals surface area contributed by atoms with Crippen LogP contribution in [0, 0.1) is 0 Å². The summed E-state index contributed by atoms with van der Waals surface area (Å²) in [7, 11) is 0. The minimum Gasteiger partial charge on any atom is -0.379 e. The Hall–Kier alpha value is -2.49. The van der Waals surface area contributed by atoms with E-state index in [1.54, 1.807) is 6.20 Å². The van der Waals surface area contributed by atoms with Gasteiger partial charge in [-0.3, -0.25) is 5.10 Å². The quantitative estimate of drug-likeness (QED) is 0.742. The summed E-state index contributed by atoms with van der Waals surface area (Å²) >= 11 is 0. The second-order valence-corrected chi connectivity index (χ2v) is 4.69. The summed E-state index contributed by atoms with van der Waals surface area (Å²) in [6, 6.07) is 14.6. The maximum absolute atomic E-state index is 3.99. The molecule has 2 heterocycles. The molecule has 102 valence electrons. The molecule has 1 aromatic carbocycles. The van der Waals surface area contributed by atoms with Crippen LogP contribution in [0.1, 0.15) is 12.6 Å². The molecule has 0 fully saturated rings. The maximum Gasteiger partial charge on any atom is 0.0650 e. The molecule has 3 rings (SSSR count). The zero-order valence-corrected chi connectivity index (χ0v) is 11.5. The Morgan fingerprint density at radius 1 is 1.20 bits per heavy atom. The zero-order valence-electron chi connectivity index (χ0n) is 11.5. The molecule has 0 unspecified atom stereocenters. The lowest BCUT2D eigenvalue weighted by atomic mass is 10.1. The smallest absolute Gasteiger partial charge is 0.0650 e. The lowest BCUT2D eigenvalue weighted by molar-refractivity contribution is 0.724. The number of nitrogens with zero attached hydrogens (tertiary/aromatic N) is 2. The van der Waals surface area contributed by atoms with Crippen molar-refractivity contribution in [2.45, 2.75) is 20.0 Å². The Labute approximate surface area is 118 Å². The summed E-state index contributed by atoms with van der Waals surface area (Å²) in [5.41, 5.74) is 4.57. The molecule has 0 radical (unpaired) electrons. The van der Waals surface area contributed by atoms with Crippen LogP contribution in [0.15, 0.2) is 54.9 Å². The predicted molar refractivity (Wildman–Crippen MR) is 81.5 cm³/mol. The topological polar surface area (TPSA) is 45.6 Å². The molecule has 0 amide bonds. The van der Waals surface area contributed by atoms with Crippen LogP contribution in [0.25, 0.3) is 11.3 Å². The second kappa shape index (κ2) is 5.65. The van der Waals surface area contributed by atoms with E-state index in [4.69, 9.17) is 0 Å². The first kappa shape index (κ1) is 12.5. The summed E-state index contributed by atoms with van der Waals surface area (Å²) in [6.07, 6.45) is 3.88. The molecule has 2 N–H and O–H groups in total. The molecule has 2 aromatic heterocycles. The number of aryl methyl sites for hydroxylation is 1. The van der Waals surface area contributed by atoms with Crippen molar-refractivity contribution >= 4 is 5.69 Å². The Bertz CT molecular complexity index is 667. The highest BCUT2D eigenvalue weighted by Crippen LogP contribution is 2.20. The minimum atomic E-state index is 0.827. The normalized spacial score (nSPS) is 10.7. The van der Waals surface area contributed by atoms with Crippen molar-refractivity contribution in [3.05, 3.63) is 60.6 Å². The van der Waals surface area contributed by atoms with Gasteiger partial charge in [-0.05, 0) is 37.3 Å². The van der Waals surface area contributed by atoms with E-state index >= 15 is 0 Å². The number of nitrogens with one attached hydrogen (secondary N) is 2. The van der Waals surface area contributed by atoms with E-state index in [0.29, 0.717) is 0 Å². The van der Waals surface area contributed by atoms with Crippen LogP contribution in [0.3, 0.4) is 0 Å². The van der Waals surface area contributed by atoms with E-state index < -0.39 is 0 Å². The average Bonchev–Trinajstić information content (AvgIpc) is 3.16. The lowest BCUT2D eigenvalue weighted by Crippen LogP contribution is -2.05. The number of aromatic nitrogens is 3. The number of aromatic amines is 1. The van der Waals surface area contributed by atoms with Crippen molar-refractivity contribution in [3.8, 4) is 11.3 Å². The molecule has 0 aliphatic rings. The van der Waals surface area contributed by atoms with Gasteiger partial charge in [0.1, 0.15) is 0 Å². The fourth-order valence-corrected chi connectivity index (χ4v) is 2.32. The number of anilines is 1. The third-order valence-corrected chi connectivity index (χ3v) is 3.41. The van der Waals surface area contributed by atoms with Gasteiger partial charge in [-0.2, -0.15) is 5.10 Å². The Morgan fingerprint density at radius 3 is 2.95 bits per heavy atom.